The molecule has 1 saturated carbocycles. The minimum absolute atomic E-state index is 0.0856. The van der Waals surface area contributed by atoms with Gasteiger partial charge >= 0.3 is 0 Å². The Labute approximate surface area is 360 Å². The van der Waals surface area contributed by atoms with E-state index in [9.17, 15) is 0 Å². The van der Waals surface area contributed by atoms with Gasteiger partial charge in [-0.3, -0.25) is 0 Å². The van der Waals surface area contributed by atoms with Crippen LogP contribution in [0.15, 0.2) is 255 Å². The maximum Gasteiger partial charge on any atom is 0.0463 e. The molecule has 294 valence electrons. The van der Waals surface area contributed by atoms with Crippen molar-refractivity contribution in [3.63, 3.8) is 0 Å². The third-order valence-corrected chi connectivity index (χ3v) is 12.1. The zero-order valence-corrected chi connectivity index (χ0v) is 34.1. The summed E-state index contributed by atoms with van der Waals surface area (Å²) in [5.41, 5.74) is 14.2. The zero-order valence-electron chi connectivity index (χ0n) is 34.1. The molecule has 0 bridgehead atoms. The normalized spacial score (nSPS) is 15.4. The summed E-state index contributed by atoms with van der Waals surface area (Å²) in [5, 5.41) is 0. The zero-order chi connectivity index (χ0) is 40.9. The predicted octanol–water partition coefficient (Wildman–Crippen LogP) is 15.8. The lowest BCUT2D eigenvalue weighted by molar-refractivity contribution is 0.659. The quantitative estimate of drug-likeness (QED) is 0.115. The highest BCUT2D eigenvalue weighted by Gasteiger charge is 2.55. The monoisotopic (exact) mass is 785 g/mol. The summed E-state index contributed by atoms with van der Waals surface area (Å²) in [7, 11) is 0. The lowest BCUT2D eigenvalue weighted by Crippen LogP contribution is -2.15. The van der Waals surface area contributed by atoms with Crippen molar-refractivity contribution in [2.45, 2.75) is 24.2 Å². The van der Waals surface area contributed by atoms with Gasteiger partial charge in [-0.25, -0.2) is 0 Å². The third-order valence-electron chi connectivity index (χ3n) is 12.1. The Kier molecular flexibility index (Phi) is 10.4. The second-order valence-electron chi connectivity index (χ2n) is 15.9. The second kappa shape index (κ2) is 16.9. The topological polar surface area (TPSA) is 9.72 Å². The summed E-state index contributed by atoms with van der Waals surface area (Å²) in [6, 6.07) is 91.7. The van der Waals surface area contributed by atoms with Crippen LogP contribution in [0.25, 0.3) is 0 Å². The Bertz CT molecular complexity index is 2560. The van der Waals surface area contributed by atoms with Crippen LogP contribution >= 0.6 is 0 Å². The van der Waals surface area contributed by atoms with Crippen LogP contribution in [0.5, 0.6) is 0 Å². The van der Waals surface area contributed by atoms with Crippen molar-refractivity contribution in [3.05, 3.63) is 271 Å². The summed E-state index contributed by atoms with van der Waals surface area (Å²) < 4.78 is 0. The van der Waals surface area contributed by atoms with E-state index in [0.717, 1.165) is 64.0 Å². The molecule has 1 aliphatic rings. The average molecular weight is 786 g/mol. The molecule has 0 aromatic heterocycles. The van der Waals surface area contributed by atoms with Gasteiger partial charge in [0.2, 0.25) is 0 Å². The fourth-order valence-corrected chi connectivity index (χ4v) is 9.09. The van der Waals surface area contributed by atoms with Crippen LogP contribution in [-0.2, 0) is 11.8 Å². The largest absolute Gasteiger partial charge is 0.311 e. The van der Waals surface area contributed by atoms with Gasteiger partial charge in [0.25, 0.3) is 0 Å². The number of hydrogen-bond donors (Lipinski definition) is 0. The number of hydrogen-bond acceptors (Lipinski definition) is 3. The van der Waals surface area contributed by atoms with Crippen LogP contribution in [0.3, 0.4) is 0 Å². The summed E-state index contributed by atoms with van der Waals surface area (Å²) in [6.45, 7) is 0. The number of benzene rings is 9. The highest BCUT2D eigenvalue weighted by Crippen LogP contribution is 2.62. The van der Waals surface area contributed by atoms with Gasteiger partial charge in [0.15, 0.2) is 0 Å². The fourth-order valence-electron chi connectivity index (χ4n) is 9.09. The molecule has 0 saturated heterocycles. The van der Waals surface area contributed by atoms with Crippen molar-refractivity contribution in [1.82, 2.24) is 0 Å². The van der Waals surface area contributed by atoms with Gasteiger partial charge in [-0.1, -0.05) is 146 Å². The highest BCUT2D eigenvalue weighted by molar-refractivity contribution is 5.83. The van der Waals surface area contributed by atoms with Crippen molar-refractivity contribution >= 4 is 51.2 Å². The smallest absolute Gasteiger partial charge is 0.0463 e. The minimum atomic E-state index is 0.0856. The van der Waals surface area contributed by atoms with Crippen LogP contribution in [0.1, 0.15) is 29.0 Å². The van der Waals surface area contributed by atoms with Crippen molar-refractivity contribution in [2.24, 2.45) is 0 Å². The number of anilines is 9. The molecule has 0 N–H and O–H groups in total. The lowest BCUT2D eigenvalue weighted by Gasteiger charge is -2.29. The molecule has 9 aromatic carbocycles. The predicted molar refractivity (Wildman–Crippen MR) is 256 cm³/mol. The third kappa shape index (κ3) is 7.82. The van der Waals surface area contributed by atoms with Crippen molar-refractivity contribution in [3.8, 4) is 0 Å². The first-order chi connectivity index (χ1) is 30.2. The molecule has 0 amide bonds. The summed E-state index contributed by atoms with van der Waals surface area (Å²) in [5.74, 6) is 0.502. The minimum Gasteiger partial charge on any atom is -0.311 e. The molecule has 1 fully saturated rings. The Morgan fingerprint density at radius 3 is 0.885 bits per heavy atom. The summed E-state index contributed by atoms with van der Waals surface area (Å²) in [4.78, 5) is 6.99. The molecule has 61 heavy (non-hydrogen) atoms. The van der Waals surface area contributed by atoms with Gasteiger partial charge < -0.3 is 14.7 Å². The average Bonchev–Trinajstić information content (AvgIpc) is 4.08. The maximum absolute atomic E-state index is 2.37. The van der Waals surface area contributed by atoms with Crippen LogP contribution < -0.4 is 14.7 Å². The van der Waals surface area contributed by atoms with Crippen molar-refractivity contribution in [2.75, 3.05) is 14.7 Å². The Hall–Kier alpha value is -7.62. The number of nitrogens with zero attached hydrogens (tertiary/aromatic N) is 3. The summed E-state index contributed by atoms with van der Waals surface area (Å²) in [6.07, 6.45) is 2.14. The number of rotatable bonds is 13. The van der Waals surface area contributed by atoms with E-state index in [-0.39, 0.29) is 5.41 Å². The fraction of sp³-hybridized carbons (Fsp3) is 0.0690. The Balaban J connectivity index is 1.02. The SMILES string of the molecule is c1ccc(C2CC2(Cc2ccc(N(c3ccc(N(c4ccccc4)c4ccccc4)cc3)c3ccc(N(c4ccccc4)c4ccccc4)cc3)cc2)c2ccccc2)cc1. The van der Waals surface area contributed by atoms with Crippen LogP contribution in [-0.4, -0.2) is 0 Å². The van der Waals surface area contributed by atoms with E-state index in [2.05, 4.69) is 269 Å². The van der Waals surface area contributed by atoms with Gasteiger partial charge in [0.05, 0.1) is 0 Å². The molecule has 0 aliphatic heterocycles. The molecule has 0 radical (unpaired) electrons. The van der Waals surface area contributed by atoms with E-state index >= 15 is 0 Å². The molecule has 2 atom stereocenters. The second-order valence-corrected chi connectivity index (χ2v) is 15.9. The van der Waals surface area contributed by atoms with E-state index in [0.29, 0.717) is 5.92 Å². The summed E-state index contributed by atoms with van der Waals surface area (Å²) >= 11 is 0. The van der Waals surface area contributed by atoms with E-state index in [4.69, 9.17) is 0 Å². The molecule has 9 aromatic rings. The van der Waals surface area contributed by atoms with Crippen molar-refractivity contribution in [1.29, 1.82) is 0 Å². The Morgan fingerprint density at radius 2 is 0.557 bits per heavy atom. The first-order valence-corrected chi connectivity index (χ1v) is 21.2. The van der Waals surface area contributed by atoms with Crippen molar-refractivity contribution < 1.29 is 0 Å². The molecule has 3 nitrogen and oxygen atoms in total. The standard InChI is InChI=1S/C58H47N3/c1-7-19-46(20-8-1)57-44-58(57,47-21-9-2-10-22-47)43-45-31-33-52(34-32-45)61(55-39-35-53(36-40-55)59(48-23-11-3-12-24-48)49-25-13-4-14-26-49)56-41-37-54(38-42-56)60(50-27-15-5-16-28-50)51-29-17-6-18-30-51/h1-42,57H,43-44H2. The van der Waals surface area contributed by atoms with Gasteiger partial charge in [-0.05, 0) is 145 Å². The first kappa shape index (κ1) is 37.6. The van der Waals surface area contributed by atoms with Gasteiger partial charge in [-0.2, -0.15) is 0 Å². The van der Waals surface area contributed by atoms with Gasteiger partial charge in [-0.15, -0.1) is 0 Å². The molecule has 3 heteroatoms. The van der Waals surface area contributed by atoms with Crippen LogP contribution in [0.2, 0.25) is 0 Å². The van der Waals surface area contributed by atoms with E-state index in [1.807, 2.05) is 0 Å². The highest BCUT2D eigenvalue weighted by atomic mass is 15.2. The molecule has 1 aliphatic carbocycles. The lowest BCUT2D eigenvalue weighted by atomic mass is 9.85. The van der Waals surface area contributed by atoms with E-state index in [1.54, 1.807) is 0 Å². The first-order valence-electron chi connectivity index (χ1n) is 21.2. The molecule has 0 heterocycles. The Morgan fingerprint density at radius 1 is 0.295 bits per heavy atom. The molecule has 10 rings (SSSR count). The number of para-hydroxylation sites is 4. The van der Waals surface area contributed by atoms with Crippen LogP contribution in [0.4, 0.5) is 51.2 Å². The maximum atomic E-state index is 2.37. The molecule has 2 unspecified atom stereocenters. The van der Waals surface area contributed by atoms with Gasteiger partial charge in [0, 0.05) is 56.6 Å². The van der Waals surface area contributed by atoms with E-state index in [1.165, 1.54) is 16.7 Å². The molecular formula is C58H47N3. The van der Waals surface area contributed by atoms with E-state index < -0.39 is 0 Å². The molecule has 0 spiro atoms. The van der Waals surface area contributed by atoms with Gasteiger partial charge in [0.1, 0.15) is 0 Å². The molecular weight excluding hydrogens is 739 g/mol. The van der Waals surface area contributed by atoms with Crippen LogP contribution in [0, 0.1) is 0 Å².